The molecule has 0 aliphatic carbocycles. The summed E-state index contributed by atoms with van der Waals surface area (Å²) < 4.78 is 5.06. The topological polar surface area (TPSA) is 91.1 Å². The molecular weight excluding hydrogens is 402 g/mol. The number of anilines is 3. The SMILES string of the molecule is CCN(c1cnc(OC)nc1)c1ncnc2c1CN(c1ccc(Cl)cc1C#N)CC2. The highest BCUT2D eigenvalue weighted by molar-refractivity contribution is 6.30. The van der Waals surface area contributed by atoms with Crippen molar-refractivity contribution in [3.8, 4) is 12.1 Å². The van der Waals surface area contributed by atoms with Crippen LogP contribution in [0.3, 0.4) is 0 Å². The number of nitrogens with zero attached hydrogens (tertiary/aromatic N) is 7. The van der Waals surface area contributed by atoms with E-state index in [1.165, 1.54) is 7.11 Å². The third kappa shape index (κ3) is 3.72. The molecule has 0 amide bonds. The minimum Gasteiger partial charge on any atom is -0.467 e. The number of methoxy groups -OCH3 is 1. The van der Waals surface area contributed by atoms with E-state index in [0.717, 1.165) is 41.4 Å². The molecule has 0 spiro atoms. The van der Waals surface area contributed by atoms with Crippen LogP contribution in [0.4, 0.5) is 17.2 Å². The molecule has 8 nitrogen and oxygen atoms in total. The van der Waals surface area contributed by atoms with Gasteiger partial charge >= 0.3 is 6.01 Å². The highest BCUT2D eigenvalue weighted by atomic mass is 35.5. The Morgan fingerprint density at radius 1 is 1.23 bits per heavy atom. The van der Waals surface area contributed by atoms with Crippen molar-refractivity contribution in [1.82, 2.24) is 19.9 Å². The number of nitriles is 1. The fourth-order valence-electron chi connectivity index (χ4n) is 3.65. The first kappa shape index (κ1) is 19.9. The number of rotatable bonds is 5. The molecule has 1 aromatic carbocycles. The molecule has 4 rings (SSSR count). The summed E-state index contributed by atoms with van der Waals surface area (Å²) in [4.78, 5) is 21.7. The monoisotopic (exact) mass is 421 g/mol. The van der Waals surface area contributed by atoms with E-state index in [1.807, 2.05) is 19.1 Å². The lowest BCUT2D eigenvalue weighted by Gasteiger charge is -2.33. The van der Waals surface area contributed by atoms with Crippen molar-refractivity contribution in [1.29, 1.82) is 5.26 Å². The van der Waals surface area contributed by atoms with Crippen LogP contribution in [-0.2, 0) is 13.0 Å². The normalized spacial score (nSPS) is 12.8. The smallest absolute Gasteiger partial charge is 0.316 e. The Balaban J connectivity index is 1.71. The van der Waals surface area contributed by atoms with E-state index in [1.54, 1.807) is 24.8 Å². The van der Waals surface area contributed by atoms with Crippen molar-refractivity contribution in [2.24, 2.45) is 0 Å². The zero-order valence-corrected chi connectivity index (χ0v) is 17.5. The third-order valence-corrected chi connectivity index (χ3v) is 5.31. The predicted molar refractivity (Wildman–Crippen MR) is 114 cm³/mol. The van der Waals surface area contributed by atoms with Crippen molar-refractivity contribution in [2.45, 2.75) is 19.9 Å². The molecule has 0 saturated heterocycles. The van der Waals surface area contributed by atoms with Crippen molar-refractivity contribution in [3.63, 3.8) is 0 Å². The molecule has 0 radical (unpaired) electrons. The Bertz CT molecular complexity index is 1100. The van der Waals surface area contributed by atoms with Crippen LogP contribution in [0.25, 0.3) is 0 Å². The molecule has 0 bridgehead atoms. The predicted octanol–water partition coefficient (Wildman–Crippen LogP) is 3.52. The number of hydrogen-bond acceptors (Lipinski definition) is 8. The lowest BCUT2D eigenvalue weighted by atomic mass is 10.0. The molecule has 0 fully saturated rings. The van der Waals surface area contributed by atoms with Gasteiger partial charge < -0.3 is 14.5 Å². The second-order valence-electron chi connectivity index (χ2n) is 6.74. The molecule has 152 valence electrons. The van der Waals surface area contributed by atoms with Crippen molar-refractivity contribution in [2.75, 3.05) is 30.0 Å². The Kier molecular flexibility index (Phi) is 5.63. The van der Waals surface area contributed by atoms with Crippen molar-refractivity contribution < 1.29 is 4.74 Å². The molecule has 0 atom stereocenters. The molecule has 0 saturated carbocycles. The van der Waals surface area contributed by atoms with Gasteiger partial charge in [-0.05, 0) is 25.1 Å². The van der Waals surface area contributed by atoms with Gasteiger partial charge in [0.25, 0.3) is 0 Å². The quantitative estimate of drug-likeness (QED) is 0.618. The van der Waals surface area contributed by atoms with E-state index in [4.69, 9.17) is 16.3 Å². The molecule has 2 aromatic heterocycles. The average molecular weight is 422 g/mol. The highest BCUT2D eigenvalue weighted by Crippen LogP contribution is 2.33. The first-order valence-electron chi connectivity index (χ1n) is 9.55. The zero-order valence-electron chi connectivity index (χ0n) is 16.7. The summed E-state index contributed by atoms with van der Waals surface area (Å²) in [6.45, 7) is 4.09. The molecule has 9 heteroatoms. The lowest BCUT2D eigenvalue weighted by molar-refractivity contribution is 0.380. The Hall–Kier alpha value is -3.44. The van der Waals surface area contributed by atoms with E-state index < -0.39 is 0 Å². The number of benzene rings is 1. The van der Waals surface area contributed by atoms with Crippen LogP contribution in [0.2, 0.25) is 5.02 Å². The summed E-state index contributed by atoms with van der Waals surface area (Å²) in [5, 5.41) is 10.1. The molecule has 1 aliphatic heterocycles. The van der Waals surface area contributed by atoms with Crippen LogP contribution < -0.4 is 14.5 Å². The van der Waals surface area contributed by atoms with Gasteiger partial charge in [-0.25, -0.2) is 19.9 Å². The third-order valence-electron chi connectivity index (χ3n) is 5.08. The van der Waals surface area contributed by atoms with Crippen molar-refractivity contribution in [3.05, 3.63) is 58.8 Å². The van der Waals surface area contributed by atoms with Crippen LogP contribution in [0.1, 0.15) is 23.7 Å². The van der Waals surface area contributed by atoms with Gasteiger partial charge in [-0.2, -0.15) is 5.26 Å². The maximum Gasteiger partial charge on any atom is 0.316 e. The molecule has 30 heavy (non-hydrogen) atoms. The fourth-order valence-corrected chi connectivity index (χ4v) is 3.82. The number of halogens is 1. The van der Waals surface area contributed by atoms with Crippen LogP contribution in [0.5, 0.6) is 6.01 Å². The Labute approximate surface area is 179 Å². The summed E-state index contributed by atoms with van der Waals surface area (Å²) in [6.07, 6.45) is 5.80. The van der Waals surface area contributed by atoms with Gasteiger partial charge in [-0.15, -0.1) is 0 Å². The first-order valence-corrected chi connectivity index (χ1v) is 9.93. The standard InChI is InChI=1S/C21H20ClN7O/c1-3-29(16-10-24-21(30-2)25-11-16)20-17-12-28(7-6-18(17)26-13-27-20)19-5-4-15(22)8-14(19)9-23/h4-5,8,10-11,13H,3,6-7,12H2,1-2H3. The summed E-state index contributed by atoms with van der Waals surface area (Å²) in [5.74, 6) is 0.813. The Morgan fingerprint density at radius 3 is 2.73 bits per heavy atom. The fraction of sp³-hybridized carbons (Fsp3) is 0.286. The number of hydrogen-bond donors (Lipinski definition) is 0. The van der Waals surface area contributed by atoms with Crippen molar-refractivity contribution >= 4 is 28.8 Å². The molecule has 0 N–H and O–H groups in total. The van der Waals surface area contributed by atoms with E-state index in [0.29, 0.717) is 29.7 Å². The van der Waals surface area contributed by atoms with E-state index >= 15 is 0 Å². The zero-order chi connectivity index (χ0) is 21.1. The van der Waals surface area contributed by atoms with E-state index in [9.17, 15) is 5.26 Å². The highest BCUT2D eigenvalue weighted by Gasteiger charge is 2.25. The Morgan fingerprint density at radius 2 is 2.03 bits per heavy atom. The van der Waals surface area contributed by atoms with Gasteiger partial charge in [0.2, 0.25) is 0 Å². The van der Waals surface area contributed by atoms with Gasteiger partial charge in [0.05, 0.1) is 42.1 Å². The number of aromatic nitrogens is 4. The average Bonchev–Trinajstić information content (AvgIpc) is 2.79. The largest absolute Gasteiger partial charge is 0.467 e. The second kappa shape index (κ2) is 8.51. The van der Waals surface area contributed by atoms with Gasteiger partial charge in [0, 0.05) is 36.6 Å². The molecule has 0 unspecified atom stereocenters. The van der Waals surface area contributed by atoms with Crippen LogP contribution in [-0.4, -0.2) is 40.1 Å². The maximum atomic E-state index is 9.55. The summed E-state index contributed by atoms with van der Waals surface area (Å²) in [7, 11) is 1.54. The van der Waals surface area contributed by atoms with Gasteiger partial charge in [-0.1, -0.05) is 11.6 Å². The maximum absolute atomic E-state index is 9.55. The minimum absolute atomic E-state index is 0.317. The summed E-state index contributed by atoms with van der Waals surface area (Å²) in [5.41, 5.74) is 4.27. The minimum atomic E-state index is 0.317. The molecule has 3 heterocycles. The summed E-state index contributed by atoms with van der Waals surface area (Å²) in [6, 6.07) is 7.96. The molecule has 3 aromatic rings. The van der Waals surface area contributed by atoms with Gasteiger partial charge in [-0.3, -0.25) is 0 Å². The van der Waals surface area contributed by atoms with Crippen LogP contribution >= 0.6 is 11.6 Å². The van der Waals surface area contributed by atoms with Crippen LogP contribution in [0, 0.1) is 11.3 Å². The van der Waals surface area contributed by atoms with Crippen LogP contribution in [0.15, 0.2) is 36.9 Å². The van der Waals surface area contributed by atoms with Gasteiger partial charge in [0.1, 0.15) is 18.2 Å². The second-order valence-corrected chi connectivity index (χ2v) is 7.18. The first-order chi connectivity index (χ1) is 14.6. The molecule has 1 aliphatic rings. The number of ether oxygens (including phenoxy) is 1. The van der Waals surface area contributed by atoms with E-state index in [-0.39, 0.29) is 0 Å². The van der Waals surface area contributed by atoms with E-state index in [2.05, 4.69) is 35.8 Å². The number of fused-ring (bicyclic) bond motifs is 1. The lowest BCUT2D eigenvalue weighted by Crippen LogP contribution is -2.33. The molecular formula is C21H20ClN7O. The summed E-state index contributed by atoms with van der Waals surface area (Å²) >= 11 is 6.07. The van der Waals surface area contributed by atoms with Gasteiger partial charge in [0.15, 0.2) is 0 Å².